The van der Waals surface area contributed by atoms with Crippen LogP contribution in [0.1, 0.15) is 10.4 Å². The van der Waals surface area contributed by atoms with Gasteiger partial charge < -0.3 is 19.5 Å². The molecule has 1 aromatic heterocycles. The van der Waals surface area contributed by atoms with Gasteiger partial charge in [-0.2, -0.15) is 4.98 Å². The zero-order valence-corrected chi connectivity index (χ0v) is 18.7. The summed E-state index contributed by atoms with van der Waals surface area (Å²) in [5, 5.41) is 3.24. The fraction of sp³-hybridized carbons (Fsp3) is 0.0800. The Morgan fingerprint density at radius 3 is 2.42 bits per heavy atom. The van der Waals surface area contributed by atoms with E-state index in [9.17, 15) is 4.79 Å². The highest BCUT2D eigenvalue weighted by molar-refractivity contribution is 6.32. The lowest BCUT2D eigenvalue weighted by Crippen LogP contribution is -2.12. The van der Waals surface area contributed by atoms with Crippen molar-refractivity contribution in [3.63, 3.8) is 0 Å². The van der Waals surface area contributed by atoms with Crippen molar-refractivity contribution in [2.75, 3.05) is 19.5 Å². The summed E-state index contributed by atoms with van der Waals surface area (Å²) in [6.45, 7) is 0. The molecule has 0 atom stereocenters. The number of ether oxygens (including phenoxy) is 3. The highest BCUT2D eigenvalue weighted by Gasteiger charge is 2.11. The molecule has 3 aromatic carbocycles. The van der Waals surface area contributed by atoms with Crippen molar-refractivity contribution in [3.05, 3.63) is 89.6 Å². The monoisotopic (exact) mass is 461 g/mol. The number of benzene rings is 3. The third kappa shape index (κ3) is 5.39. The zero-order valence-electron chi connectivity index (χ0n) is 17.9. The maximum atomic E-state index is 12.8. The number of aromatic nitrogens is 2. The Balaban J connectivity index is 1.51. The van der Waals surface area contributed by atoms with Gasteiger partial charge in [-0.15, -0.1) is 0 Å². The highest BCUT2D eigenvalue weighted by Crippen LogP contribution is 2.28. The first-order valence-electron chi connectivity index (χ1n) is 9.96. The lowest BCUT2D eigenvalue weighted by molar-refractivity contribution is 0.102. The van der Waals surface area contributed by atoms with Crippen molar-refractivity contribution in [1.29, 1.82) is 0 Å². The maximum Gasteiger partial charge on any atom is 0.255 e. The minimum absolute atomic E-state index is 0.288. The molecule has 1 amide bonds. The molecule has 0 fully saturated rings. The van der Waals surface area contributed by atoms with Gasteiger partial charge in [0, 0.05) is 29.1 Å². The van der Waals surface area contributed by atoms with Gasteiger partial charge in [0.05, 0.1) is 19.2 Å². The number of rotatable bonds is 7. The highest BCUT2D eigenvalue weighted by atomic mass is 35.5. The van der Waals surface area contributed by atoms with Crippen molar-refractivity contribution < 1.29 is 19.0 Å². The van der Waals surface area contributed by atoms with Crippen molar-refractivity contribution in [2.24, 2.45) is 0 Å². The summed E-state index contributed by atoms with van der Waals surface area (Å²) in [6, 6.07) is 20.9. The molecule has 4 aromatic rings. The molecular weight excluding hydrogens is 442 g/mol. The Kier molecular flexibility index (Phi) is 6.71. The van der Waals surface area contributed by atoms with Crippen LogP contribution in [-0.2, 0) is 0 Å². The predicted molar refractivity (Wildman–Crippen MR) is 126 cm³/mol. The first-order valence-corrected chi connectivity index (χ1v) is 10.3. The quantitative estimate of drug-likeness (QED) is 0.371. The first-order chi connectivity index (χ1) is 16.1. The summed E-state index contributed by atoms with van der Waals surface area (Å²) in [5.41, 5.74) is 1.68. The molecule has 0 radical (unpaired) electrons. The van der Waals surface area contributed by atoms with E-state index in [1.54, 1.807) is 80.0 Å². The molecule has 8 heteroatoms. The third-order valence-corrected chi connectivity index (χ3v) is 5.00. The molecule has 0 saturated carbocycles. The number of hydrogen-bond acceptors (Lipinski definition) is 6. The minimum atomic E-state index is -0.288. The van der Waals surface area contributed by atoms with Gasteiger partial charge >= 0.3 is 0 Å². The van der Waals surface area contributed by atoms with Gasteiger partial charge in [-0.1, -0.05) is 23.7 Å². The molecule has 1 N–H and O–H groups in total. The van der Waals surface area contributed by atoms with Gasteiger partial charge in [-0.25, -0.2) is 4.98 Å². The van der Waals surface area contributed by atoms with Crippen LogP contribution < -0.4 is 19.5 Å². The van der Waals surface area contributed by atoms with Gasteiger partial charge in [-0.3, -0.25) is 4.79 Å². The van der Waals surface area contributed by atoms with E-state index in [1.807, 2.05) is 6.07 Å². The standard InChI is InChI=1S/C25H20ClN3O4/c1-31-19-7-9-20(10-8-19)33-23-12-13-27-24(29-23)16-4-3-5-17(14-16)25(30)28-18-6-11-22(32-2)21(26)15-18/h3-15H,1-2H3,(H,28,30). The average molecular weight is 462 g/mol. The number of hydrogen-bond donors (Lipinski definition) is 1. The molecule has 0 saturated heterocycles. The summed E-state index contributed by atoms with van der Waals surface area (Å²) in [4.78, 5) is 21.6. The smallest absolute Gasteiger partial charge is 0.255 e. The molecule has 166 valence electrons. The van der Waals surface area contributed by atoms with E-state index in [4.69, 9.17) is 25.8 Å². The fourth-order valence-corrected chi connectivity index (χ4v) is 3.31. The molecule has 0 aliphatic carbocycles. The van der Waals surface area contributed by atoms with Gasteiger partial charge in [0.1, 0.15) is 17.2 Å². The van der Waals surface area contributed by atoms with Crippen LogP contribution in [-0.4, -0.2) is 30.1 Å². The SMILES string of the molecule is COc1ccc(Oc2ccnc(-c3cccc(C(=O)Nc4ccc(OC)c(Cl)c4)c3)n2)cc1. The van der Waals surface area contributed by atoms with Crippen molar-refractivity contribution >= 4 is 23.2 Å². The maximum absolute atomic E-state index is 12.8. The normalized spacial score (nSPS) is 10.4. The largest absolute Gasteiger partial charge is 0.497 e. The van der Waals surface area contributed by atoms with Crippen LogP contribution in [0.3, 0.4) is 0 Å². The topological polar surface area (TPSA) is 82.6 Å². The molecule has 0 aliphatic heterocycles. The molecule has 4 rings (SSSR count). The van der Waals surface area contributed by atoms with E-state index in [2.05, 4.69) is 15.3 Å². The van der Waals surface area contributed by atoms with Crippen LogP contribution in [0.2, 0.25) is 5.02 Å². The number of anilines is 1. The van der Waals surface area contributed by atoms with Crippen molar-refractivity contribution in [1.82, 2.24) is 9.97 Å². The molecule has 7 nitrogen and oxygen atoms in total. The number of carbonyl (C=O) groups excluding carboxylic acids is 1. The summed E-state index contributed by atoms with van der Waals surface area (Å²) < 4.78 is 16.1. The lowest BCUT2D eigenvalue weighted by atomic mass is 10.1. The van der Waals surface area contributed by atoms with E-state index in [0.29, 0.717) is 45.0 Å². The Labute approximate surface area is 195 Å². The Morgan fingerprint density at radius 2 is 1.70 bits per heavy atom. The van der Waals surface area contributed by atoms with Crippen LogP contribution in [0.25, 0.3) is 11.4 Å². The van der Waals surface area contributed by atoms with Gasteiger partial charge in [-0.05, 0) is 54.6 Å². The molecule has 0 aliphatic rings. The van der Waals surface area contributed by atoms with Gasteiger partial charge in [0.15, 0.2) is 5.82 Å². The molecule has 33 heavy (non-hydrogen) atoms. The molecule has 0 spiro atoms. The van der Waals surface area contributed by atoms with E-state index >= 15 is 0 Å². The van der Waals surface area contributed by atoms with Gasteiger partial charge in [0.25, 0.3) is 5.91 Å². The number of nitrogens with one attached hydrogen (secondary N) is 1. The van der Waals surface area contributed by atoms with Crippen LogP contribution in [0.4, 0.5) is 5.69 Å². The van der Waals surface area contributed by atoms with Crippen molar-refractivity contribution in [3.8, 4) is 34.5 Å². The number of carbonyl (C=O) groups is 1. The van der Waals surface area contributed by atoms with Crippen LogP contribution >= 0.6 is 11.6 Å². The van der Waals surface area contributed by atoms with Gasteiger partial charge in [0.2, 0.25) is 5.88 Å². The molecule has 0 unspecified atom stereocenters. The summed E-state index contributed by atoms with van der Waals surface area (Å²) in [6.07, 6.45) is 1.60. The van der Waals surface area contributed by atoms with E-state index < -0.39 is 0 Å². The molecular formula is C25H20ClN3O4. The first kappa shape index (κ1) is 22.1. The fourth-order valence-electron chi connectivity index (χ4n) is 3.05. The minimum Gasteiger partial charge on any atom is -0.497 e. The second-order valence-corrected chi connectivity index (χ2v) is 7.29. The summed E-state index contributed by atoms with van der Waals surface area (Å²) >= 11 is 6.14. The van der Waals surface area contributed by atoms with E-state index in [0.717, 1.165) is 5.75 Å². The van der Waals surface area contributed by atoms with E-state index in [1.165, 1.54) is 7.11 Å². The van der Waals surface area contributed by atoms with Crippen molar-refractivity contribution in [2.45, 2.75) is 0 Å². The number of nitrogens with zero attached hydrogens (tertiary/aromatic N) is 2. The zero-order chi connectivity index (χ0) is 23.2. The Bertz CT molecular complexity index is 1280. The number of amides is 1. The number of methoxy groups -OCH3 is 2. The van der Waals surface area contributed by atoms with Crippen LogP contribution in [0.5, 0.6) is 23.1 Å². The van der Waals surface area contributed by atoms with E-state index in [-0.39, 0.29) is 5.91 Å². The summed E-state index contributed by atoms with van der Waals surface area (Å²) in [5.74, 6) is 2.41. The Morgan fingerprint density at radius 1 is 0.909 bits per heavy atom. The Hall–Kier alpha value is -4.10. The number of halogens is 1. The average Bonchev–Trinajstić information content (AvgIpc) is 2.85. The molecule has 0 bridgehead atoms. The second kappa shape index (κ2) is 10.0. The second-order valence-electron chi connectivity index (χ2n) is 6.88. The van der Waals surface area contributed by atoms with Crippen LogP contribution in [0.15, 0.2) is 79.0 Å². The third-order valence-electron chi connectivity index (χ3n) is 4.70. The predicted octanol–water partition coefficient (Wildman–Crippen LogP) is 5.86. The summed E-state index contributed by atoms with van der Waals surface area (Å²) in [7, 11) is 3.14. The van der Waals surface area contributed by atoms with Crippen LogP contribution in [0, 0.1) is 0 Å². The lowest BCUT2D eigenvalue weighted by Gasteiger charge is -2.09. The molecule has 1 heterocycles.